The van der Waals surface area contributed by atoms with E-state index in [1.807, 2.05) is 0 Å². The third-order valence-electron chi connectivity index (χ3n) is 4.48. The van der Waals surface area contributed by atoms with Gasteiger partial charge in [0.05, 0.1) is 11.8 Å². The van der Waals surface area contributed by atoms with Gasteiger partial charge in [-0.25, -0.2) is 14.2 Å². The van der Waals surface area contributed by atoms with E-state index < -0.39 is 23.6 Å². The van der Waals surface area contributed by atoms with E-state index in [1.165, 1.54) is 35.4 Å². The largest absolute Gasteiger partial charge is 0.445 e. The SMILES string of the molecule is O=C(Nc1ncc(Oc2cccc(F)c2)s1)N1CCCc2cc(C(F)(F)F)ccc21. The molecule has 156 valence electrons. The van der Waals surface area contributed by atoms with Crippen LogP contribution in [-0.2, 0) is 12.6 Å². The minimum absolute atomic E-state index is 0.255. The average molecular weight is 437 g/mol. The van der Waals surface area contributed by atoms with Crippen LogP contribution in [0.1, 0.15) is 17.5 Å². The molecule has 1 aromatic heterocycles. The molecule has 1 aliphatic heterocycles. The van der Waals surface area contributed by atoms with E-state index in [9.17, 15) is 22.4 Å². The fourth-order valence-electron chi connectivity index (χ4n) is 3.15. The van der Waals surface area contributed by atoms with Crippen molar-refractivity contribution < 1.29 is 27.1 Å². The van der Waals surface area contributed by atoms with Gasteiger partial charge in [-0.15, -0.1) is 0 Å². The van der Waals surface area contributed by atoms with Crippen molar-refractivity contribution in [2.24, 2.45) is 0 Å². The highest BCUT2D eigenvalue weighted by atomic mass is 32.1. The number of aromatic nitrogens is 1. The van der Waals surface area contributed by atoms with Crippen LogP contribution in [0.3, 0.4) is 0 Å². The van der Waals surface area contributed by atoms with Crippen LogP contribution in [0.25, 0.3) is 0 Å². The third kappa shape index (κ3) is 4.38. The number of nitrogens with zero attached hydrogens (tertiary/aromatic N) is 2. The predicted octanol–water partition coefficient (Wildman–Crippen LogP) is 6.08. The summed E-state index contributed by atoms with van der Waals surface area (Å²) in [7, 11) is 0. The second-order valence-corrected chi connectivity index (χ2v) is 7.56. The van der Waals surface area contributed by atoms with Gasteiger partial charge in [0.1, 0.15) is 11.6 Å². The van der Waals surface area contributed by atoms with Crippen molar-refractivity contribution in [3.05, 3.63) is 65.6 Å². The molecule has 2 aromatic carbocycles. The minimum Gasteiger partial charge on any atom is -0.445 e. The number of anilines is 2. The molecule has 1 N–H and O–H groups in total. The number of halogens is 4. The fourth-order valence-corrected chi connectivity index (χ4v) is 3.83. The Balaban J connectivity index is 1.47. The summed E-state index contributed by atoms with van der Waals surface area (Å²) < 4.78 is 57.6. The lowest BCUT2D eigenvalue weighted by Crippen LogP contribution is -2.38. The molecule has 0 atom stereocenters. The Morgan fingerprint density at radius 1 is 1.20 bits per heavy atom. The molecular formula is C20H15F4N3O2S. The van der Waals surface area contributed by atoms with Crippen molar-refractivity contribution >= 4 is 28.2 Å². The lowest BCUT2D eigenvalue weighted by molar-refractivity contribution is -0.137. The molecule has 30 heavy (non-hydrogen) atoms. The second kappa shape index (κ2) is 7.94. The van der Waals surface area contributed by atoms with Crippen LogP contribution in [0.4, 0.5) is 33.2 Å². The smallest absolute Gasteiger partial charge is 0.416 e. The second-order valence-electron chi connectivity index (χ2n) is 6.57. The number of fused-ring (bicyclic) bond motifs is 1. The van der Waals surface area contributed by atoms with Crippen molar-refractivity contribution in [3.63, 3.8) is 0 Å². The van der Waals surface area contributed by atoms with Gasteiger partial charge in [0.25, 0.3) is 0 Å². The number of carbonyl (C=O) groups is 1. The number of alkyl halides is 3. The standard InChI is InChI=1S/C20H15F4N3O2S/c21-14-4-1-5-15(10-14)29-17-11-25-18(30-17)26-19(28)27-8-2-3-12-9-13(20(22,23)24)6-7-16(12)27/h1,4-7,9-11H,2-3,8H2,(H,25,26,28). The van der Waals surface area contributed by atoms with Crippen LogP contribution >= 0.6 is 11.3 Å². The number of nitrogens with one attached hydrogen (secondary N) is 1. The summed E-state index contributed by atoms with van der Waals surface area (Å²) >= 11 is 1.05. The summed E-state index contributed by atoms with van der Waals surface area (Å²) in [5.41, 5.74) is 0.183. The van der Waals surface area contributed by atoms with E-state index in [4.69, 9.17) is 4.74 Å². The summed E-state index contributed by atoms with van der Waals surface area (Å²) in [6.45, 7) is 0.377. The molecule has 10 heteroatoms. The number of thiazole rings is 1. The van der Waals surface area contributed by atoms with Crippen LogP contribution in [0.5, 0.6) is 10.8 Å². The molecule has 1 aliphatic rings. The highest BCUT2D eigenvalue weighted by Gasteiger charge is 2.32. The molecule has 0 saturated heterocycles. The van der Waals surface area contributed by atoms with Gasteiger partial charge in [0.15, 0.2) is 5.13 Å². The first-order chi connectivity index (χ1) is 14.3. The maximum atomic E-state index is 13.2. The summed E-state index contributed by atoms with van der Waals surface area (Å²) in [6, 6.07) is 8.48. The molecule has 0 spiro atoms. The lowest BCUT2D eigenvalue weighted by atomic mass is 9.99. The Morgan fingerprint density at radius 2 is 2.03 bits per heavy atom. The number of benzene rings is 2. The first-order valence-electron chi connectivity index (χ1n) is 8.97. The van der Waals surface area contributed by atoms with Gasteiger partial charge in [0.2, 0.25) is 5.06 Å². The summed E-state index contributed by atoms with van der Waals surface area (Å²) in [5.74, 6) is -0.148. The number of ether oxygens (including phenoxy) is 1. The highest BCUT2D eigenvalue weighted by molar-refractivity contribution is 7.17. The number of hydrogen-bond acceptors (Lipinski definition) is 4. The molecule has 4 rings (SSSR count). The van der Waals surface area contributed by atoms with Crippen LogP contribution in [-0.4, -0.2) is 17.6 Å². The highest BCUT2D eigenvalue weighted by Crippen LogP contribution is 2.36. The average Bonchev–Trinajstić information content (AvgIpc) is 3.13. The van der Waals surface area contributed by atoms with Gasteiger partial charge < -0.3 is 4.74 Å². The van der Waals surface area contributed by atoms with E-state index in [0.29, 0.717) is 41.4 Å². The number of rotatable bonds is 3. The molecule has 2 amide bonds. The summed E-state index contributed by atoms with van der Waals surface area (Å²) in [5, 5.41) is 3.24. The van der Waals surface area contributed by atoms with Crippen molar-refractivity contribution in [3.8, 4) is 10.8 Å². The Morgan fingerprint density at radius 3 is 2.80 bits per heavy atom. The zero-order chi connectivity index (χ0) is 21.3. The molecule has 0 aliphatic carbocycles. The number of urea groups is 1. The van der Waals surface area contributed by atoms with E-state index in [1.54, 1.807) is 6.07 Å². The van der Waals surface area contributed by atoms with E-state index in [-0.39, 0.29) is 5.13 Å². The Hall–Kier alpha value is -3.14. The van der Waals surface area contributed by atoms with Crippen molar-refractivity contribution in [1.82, 2.24) is 4.98 Å². The Labute approximate surface area is 172 Å². The first kappa shape index (κ1) is 20.1. The molecule has 0 radical (unpaired) electrons. The molecule has 3 aromatic rings. The maximum Gasteiger partial charge on any atom is 0.416 e. The zero-order valence-corrected chi connectivity index (χ0v) is 16.2. The topological polar surface area (TPSA) is 54.5 Å². The number of hydrogen-bond donors (Lipinski definition) is 1. The monoisotopic (exact) mass is 437 g/mol. The lowest BCUT2D eigenvalue weighted by Gasteiger charge is -2.29. The van der Waals surface area contributed by atoms with Gasteiger partial charge in [-0.2, -0.15) is 13.2 Å². The predicted molar refractivity (Wildman–Crippen MR) is 105 cm³/mol. The van der Waals surface area contributed by atoms with Gasteiger partial charge in [-0.3, -0.25) is 10.2 Å². The molecule has 0 bridgehead atoms. The van der Waals surface area contributed by atoms with Crippen molar-refractivity contribution in [1.29, 1.82) is 0 Å². The quantitative estimate of drug-likeness (QED) is 0.506. The van der Waals surface area contributed by atoms with Crippen LogP contribution in [0.2, 0.25) is 0 Å². The Kier molecular flexibility index (Phi) is 5.33. The molecule has 0 fully saturated rings. The third-order valence-corrected chi connectivity index (χ3v) is 5.27. The van der Waals surface area contributed by atoms with Gasteiger partial charge in [-0.1, -0.05) is 17.4 Å². The van der Waals surface area contributed by atoms with Crippen LogP contribution in [0, 0.1) is 5.82 Å². The molecule has 5 nitrogen and oxygen atoms in total. The minimum atomic E-state index is -4.43. The van der Waals surface area contributed by atoms with Gasteiger partial charge in [0, 0.05) is 18.3 Å². The molecular weight excluding hydrogens is 422 g/mol. The fraction of sp³-hybridized carbons (Fsp3) is 0.200. The van der Waals surface area contributed by atoms with Crippen molar-refractivity contribution in [2.75, 3.05) is 16.8 Å². The van der Waals surface area contributed by atoms with Gasteiger partial charge in [-0.05, 0) is 48.7 Å². The zero-order valence-electron chi connectivity index (χ0n) is 15.4. The molecule has 0 unspecified atom stereocenters. The van der Waals surface area contributed by atoms with E-state index in [2.05, 4.69) is 10.3 Å². The number of aryl methyl sites for hydroxylation is 1. The van der Waals surface area contributed by atoms with E-state index >= 15 is 0 Å². The van der Waals surface area contributed by atoms with Crippen LogP contribution in [0.15, 0.2) is 48.7 Å². The Bertz CT molecular complexity index is 1080. The number of carbonyl (C=O) groups excluding carboxylic acids is 1. The summed E-state index contributed by atoms with van der Waals surface area (Å²) in [4.78, 5) is 18.2. The van der Waals surface area contributed by atoms with Crippen LogP contribution < -0.4 is 15.0 Å². The molecule has 2 heterocycles. The normalized spacial score (nSPS) is 13.7. The first-order valence-corrected chi connectivity index (χ1v) is 9.79. The molecule has 0 saturated carbocycles. The maximum absolute atomic E-state index is 13.2. The van der Waals surface area contributed by atoms with E-state index in [0.717, 1.165) is 23.5 Å². The van der Waals surface area contributed by atoms with Gasteiger partial charge >= 0.3 is 12.2 Å². The number of amides is 2. The summed E-state index contributed by atoms with van der Waals surface area (Å²) in [6.07, 6.45) is -2.02. The van der Waals surface area contributed by atoms with Crippen molar-refractivity contribution in [2.45, 2.75) is 19.0 Å².